The number of carbonyl (C=O) groups excluding carboxylic acids is 1. The number of rotatable bonds is 8. The molecule has 0 aliphatic rings. The smallest absolute Gasteiger partial charge is 0.241 e. The summed E-state index contributed by atoms with van der Waals surface area (Å²) in [5.41, 5.74) is 6.41. The first-order chi connectivity index (χ1) is 10.1. The quantitative estimate of drug-likeness (QED) is 0.768. The zero-order valence-corrected chi connectivity index (χ0v) is 13.1. The number of carbonyl (C=O) groups is 1. The SMILES string of the molecule is CCCC[C@H](N)C(=O)Nc1cc(OC)c(OC)c(OC)c1. The van der Waals surface area contributed by atoms with Crippen LogP contribution in [-0.2, 0) is 4.79 Å². The number of hydrogen-bond acceptors (Lipinski definition) is 5. The first kappa shape index (κ1) is 17.1. The minimum absolute atomic E-state index is 0.224. The van der Waals surface area contributed by atoms with Gasteiger partial charge in [-0.1, -0.05) is 19.8 Å². The third-order valence-electron chi connectivity index (χ3n) is 3.14. The van der Waals surface area contributed by atoms with Gasteiger partial charge >= 0.3 is 0 Å². The molecule has 0 spiro atoms. The zero-order valence-electron chi connectivity index (χ0n) is 13.1. The molecule has 0 saturated carbocycles. The van der Waals surface area contributed by atoms with Gasteiger partial charge in [0.2, 0.25) is 11.7 Å². The second-order valence-corrected chi connectivity index (χ2v) is 4.65. The second-order valence-electron chi connectivity index (χ2n) is 4.65. The molecule has 21 heavy (non-hydrogen) atoms. The maximum atomic E-state index is 12.0. The molecule has 0 aromatic heterocycles. The lowest BCUT2D eigenvalue weighted by Gasteiger charge is -2.16. The highest BCUT2D eigenvalue weighted by Gasteiger charge is 2.17. The van der Waals surface area contributed by atoms with Crippen molar-refractivity contribution in [2.24, 2.45) is 5.73 Å². The Labute approximate surface area is 125 Å². The van der Waals surface area contributed by atoms with Crippen LogP contribution in [0.15, 0.2) is 12.1 Å². The predicted octanol–water partition coefficient (Wildman–Crippen LogP) is 2.17. The first-order valence-electron chi connectivity index (χ1n) is 6.93. The minimum Gasteiger partial charge on any atom is -0.493 e. The van der Waals surface area contributed by atoms with E-state index >= 15 is 0 Å². The van der Waals surface area contributed by atoms with Crippen LogP contribution in [0.2, 0.25) is 0 Å². The van der Waals surface area contributed by atoms with Crippen molar-refractivity contribution in [2.75, 3.05) is 26.6 Å². The van der Waals surface area contributed by atoms with Crippen LogP contribution in [0.4, 0.5) is 5.69 Å². The number of nitrogens with one attached hydrogen (secondary N) is 1. The molecule has 0 radical (unpaired) electrons. The van der Waals surface area contributed by atoms with Gasteiger partial charge < -0.3 is 25.3 Å². The molecule has 0 aliphatic carbocycles. The van der Waals surface area contributed by atoms with E-state index in [0.717, 1.165) is 12.8 Å². The topological polar surface area (TPSA) is 82.8 Å². The fourth-order valence-corrected chi connectivity index (χ4v) is 1.94. The van der Waals surface area contributed by atoms with E-state index in [2.05, 4.69) is 12.2 Å². The lowest BCUT2D eigenvalue weighted by atomic mass is 10.1. The lowest BCUT2D eigenvalue weighted by molar-refractivity contribution is -0.117. The van der Waals surface area contributed by atoms with Crippen LogP contribution < -0.4 is 25.3 Å². The molecule has 0 aliphatic heterocycles. The van der Waals surface area contributed by atoms with Crippen molar-refractivity contribution in [2.45, 2.75) is 32.2 Å². The van der Waals surface area contributed by atoms with Gasteiger partial charge in [-0.25, -0.2) is 0 Å². The molecular formula is C15H24N2O4. The molecule has 118 valence electrons. The van der Waals surface area contributed by atoms with Gasteiger partial charge in [0, 0.05) is 17.8 Å². The van der Waals surface area contributed by atoms with Crippen LogP contribution in [0.1, 0.15) is 26.2 Å². The van der Waals surface area contributed by atoms with E-state index in [1.807, 2.05) is 0 Å². The maximum absolute atomic E-state index is 12.0. The lowest BCUT2D eigenvalue weighted by Crippen LogP contribution is -2.35. The molecule has 3 N–H and O–H groups in total. The highest BCUT2D eigenvalue weighted by atomic mass is 16.5. The van der Waals surface area contributed by atoms with E-state index < -0.39 is 6.04 Å². The van der Waals surface area contributed by atoms with Gasteiger partial charge in [0.05, 0.1) is 27.4 Å². The zero-order chi connectivity index (χ0) is 15.8. The third-order valence-corrected chi connectivity index (χ3v) is 3.14. The summed E-state index contributed by atoms with van der Waals surface area (Å²) < 4.78 is 15.7. The number of ether oxygens (including phenoxy) is 3. The van der Waals surface area contributed by atoms with Crippen molar-refractivity contribution >= 4 is 11.6 Å². The number of amides is 1. The average molecular weight is 296 g/mol. The standard InChI is InChI=1S/C15H24N2O4/c1-5-6-7-11(16)15(18)17-10-8-12(19-2)14(21-4)13(9-10)20-3/h8-9,11H,5-7,16H2,1-4H3,(H,17,18)/t11-/m0/s1. The number of nitrogens with two attached hydrogens (primary N) is 1. The summed E-state index contributed by atoms with van der Waals surface area (Å²) in [7, 11) is 4.57. The normalized spacial score (nSPS) is 11.7. The molecule has 0 fully saturated rings. The Morgan fingerprint density at radius 2 is 1.76 bits per heavy atom. The molecule has 0 unspecified atom stereocenters. The summed E-state index contributed by atoms with van der Waals surface area (Å²) in [5, 5.41) is 2.77. The number of benzene rings is 1. The molecule has 0 heterocycles. The van der Waals surface area contributed by atoms with E-state index in [0.29, 0.717) is 29.4 Å². The van der Waals surface area contributed by atoms with Crippen LogP contribution in [0, 0.1) is 0 Å². The van der Waals surface area contributed by atoms with Crippen LogP contribution >= 0.6 is 0 Å². The fourth-order valence-electron chi connectivity index (χ4n) is 1.94. The molecule has 1 amide bonds. The van der Waals surface area contributed by atoms with E-state index in [-0.39, 0.29) is 5.91 Å². The van der Waals surface area contributed by atoms with Crippen molar-refractivity contribution in [1.82, 2.24) is 0 Å². The number of unbranched alkanes of at least 4 members (excludes halogenated alkanes) is 1. The van der Waals surface area contributed by atoms with Crippen molar-refractivity contribution in [3.8, 4) is 17.2 Å². The van der Waals surface area contributed by atoms with Gasteiger partial charge in [-0.15, -0.1) is 0 Å². The van der Waals surface area contributed by atoms with Gasteiger partial charge in [0.15, 0.2) is 11.5 Å². The average Bonchev–Trinajstić information content (AvgIpc) is 2.51. The summed E-state index contributed by atoms with van der Waals surface area (Å²) in [5.74, 6) is 1.22. The fraction of sp³-hybridized carbons (Fsp3) is 0.533. The molecule has 1 aromatic carbocycles. The van der Waals surface area contributed by atoms with E-state index in [9.17, 15) is 4.79 Å². The van der Waals surface area contributed by atoms with Crippen LogP contribution in [0.5, 0.6) is 17.2 Å². The largest absolute Gasteiger partial charge is 0.493 e. The number of anilines is 1. The van der Waals surface area contributed by atoms with Crippen molar-refractivity contribution < 1.29 is 19.0 Å². The van der Waals surface area contributed by atoms with Gasteiger partial charge in [-0.3, -0.25) is 4.79 Å². The van der Waals surface area contributed by atoms with Gasteiger partial charge in [-0.05, 0) is 6.42 Å². The first-order valence-corrected chi connectivity index (χ1v) is 6.93. The van der Waals surface area contributed by atoms with Crippen LogP contribution in [-0.4, -0.2) is 33.3 Å². The molecule has 1 rings (SSSR count). The molecule has 6 nitrogen and oxygen atoms in total. The Balaban J connectivity index is 2.91. The molecule has 6 heteroatoms. The molecule has 1 aromatic rings. The van der Waals surface area contributed by atoms with Gasteiger partial charge in [0.25, 0.3) is 0 Å². The molecule has 1 atom stereocenters. The number of methoxy groups -OCH3 is 3. The Kier molecular flexibility index (Phi) is 6.81. The van der Waals surface area contributed by atoms with E-state index in [1.54, 1.807) is 12.1 Å². The highest BCUT2D eigenvalue weighted by Crippen LogP contribution is 2.39. The minimum atomic E-state index is -0.524. The summed E-state index contributed by atoms with van der Waals surface area (Å²) in [4.78, 5) is 12.0. The Morgan fingerprint density at radius 1 is 1.19 bits per heavy atom. The monoisotopic (exact) mass is 296 g/mol. The summed E-state index contributed by atoms with van der Waals surface area (Å²) in [6.45, 7) is 2.06. The van der Waals surface area contributed by atoms with Crippen molar-refractivity contribution in [3.63, 3.8) is 0 Å². The Morgan fingerprint density at radius 3 is 2.19 bits per heavy atom. The number of hydrogen-bond donors (Lipinski definition) is 2. The van der Waals surface area contributed by atoms with Crippen molar-refractivity contribution in [1.29, 1.82) is 0 Å². The summed E-state index contributed by atoms with van der Waals surface area (Å²) in [6.07, 6.45) is 2.59. The summed E-state index contributed by atoms with van der Waals surface area (Å²) >= 11 is 0. The molecule has 0 bridgehead atoms. The Hall–Kier alpha value is -1.95. The predicted molar refractivity (Wildman–Crippen MR) is 82.2 cm³/mol. The van der Waals surface area contributed by atoms with E-state index in [4.69, 9.17) is 19.9 Å². The molecular weight excluding hydrogens is 272 g/mol. The van der Waals surface area contributed by atoms with Crippen LogP contribution in [0.25, 0.3) is 0 Å². The van der Waals surface area contributed by atoms with E-state index in [1.165, 1.54) is 21.3 Å². The highest BCUT2D eigenvalue weighted by molar-refractivity contribution is 5.95. The second kappa shape index (κ2) is 8.36. The summed E-state index contributed by atoms with van der Waals surface area (Å²) in [6, 6.07) is 2.82. The molecule has 0 saturated heterocycles. The van der Waals surface area contributed by atoms with Gasteiger partial charge in [-0.2, -0.15) is 0 Å². The third kappa shape index (κ3) is 4.53. The Bertz CT molecular complexity index is 452. The van der Waals surface area contributed by atoms with Crippen LogP contribution in [0.3, 0.4) is 0 Å². The van der Waals surface area contributed by atoms with Gasteiger partial charge in [0.1, 0.15) is 0 Å². The maximum Gasteiger partial charge on any atom is 0.241 e. The van der Waals surface area contributed by atoms with Crippen molar-refractivity contribution in [3.05, 3.63) is 12.1 Å².